The molecule has 0 atom stereocenters. The van der Waals surface area contributed by atoms with Crippen molar-refractivity contribution in [1.82, 2.24) is 0 Å². The molecule has 0 amide bonds. The molecule has 0 bridgehead atoms. The van der Waals surface area contributed by atoms with Gasteiger partial charge in [0, 0.05) is 11.1 Å². The van der Waals surface area contributed by atoms with Crippen LogP contribution in [0.2, 0.25) is 5.02 Å². The van der Waals surface area contributed by atoms with E-state index in [0.717, 1.165) is 10.6 Å². The third-order valence-electron chi connectivity index (χ3n) is 2.25. The normalized spacial score (nSPS) is 11.6. The molecule has 0 fully saturated rings. The minimum absolute atomic E-state index is 0.0764. The predicted molar refractivity (Wildman–Crippen MR) is 70.9 cm³/mol. The van der Waals surface area contributed by atoms with Gasteiger partial charge in [-0.25, -0.2) is 13.2 Å². The van der Waals surface area contributed by atoms with Crippen LogP contribution < -0.4 is 4.31 Å². The summed E-state index contributed by atoms with van der Waals surface area (Å²) in [6, 6.07) is 3.64. The van der Waals surface area contributed by atoms with Gasteiger partial charge < -0.3 is 5.11 Å². The van der Waals surface area contributed by atoms with Gasteiger partial charge in [-0.05, 0) is 32.0 Å². The molecular formula is C11H14ClNO4S. The fourth-order valence-electron chi connectivity index (χ4n) is 1.71. The molecule has 1 rings (SSSR count). The smallest absolute Gasteiger partial charge is 0.337 e. The number of sulfonamides is 1. The Morgan fingerprint density at radius 2 is 1.94 bits per heavy atom. The first kappa shape index (κ1) is 14.8. The maximum Gasteiger partial charge on any atom is 0.337 e. The molecule has 0 aliphatic heterocycles. The average molecular weight is 292 g/mol. The summed E-state index contributed by atoms with van der Waals surface area (Å²) in [5.41, 5.74) is -0.0222. The van der Waals surface area contributed by atoms with Gasteiger partial charge in [0.1, 0.15) is 0 Å². The van der Waals surface area contributed by atoms with E-state index in [2.05, 4.69) is 0 Å². The minimum Gasteiger partial charge on any atom is -0.478 e. The fraction of sp³-hybridized carbons (Fsp3) is 0.364. The van der Waals surface area contributed by atoms with E-state index in [1.54, 1.807) is 13.8 Å². The van der Waals surface area contributed by atoms with Gasteiger partial charge in [-0.1, -0.05) is 11.6 Å². The summed E-state index contributed by atoms with van der Waals surface area (Å²) in [6.07, 6.45) is 1.03. The number of aromatic carboxylic acids is 1. The second-order valence-corrected chi connectivity index (χ2v) is 6.42. The highest BCUT2D eigenvalue weighted by atomic mass is 35.5. The van der Waals surface area contributed by atoms with Crippen molar-refractivity contribution in [2.24, 2.45) is 0 Å². The molecule has 1 aromatic carbocycles. The SMILES string of the molecule is CC(C)N(c1cc(Cl)ccc1C(=O)O)S(C)(=O)=O. The maximum absolute atomic E-state index is 11.7. The van der Waals surface area contributed by atoms with Crippen LogP contribution in [0.5, 0.6) is 0 Å². The molecule has 5 nitrogen and oxygen atoms in total. The van der Waals surface area contributed by atoms with E-state index >= 15 is 0 Å². The number of nitrogens with zero attached hydrogens (tertiary/aromatic N) is 1. The monoisotopic (exact) mass is 291 g/mol. The van der Waals surface area contributed by atoms with E-state index in [1.165, 1.54) is 18.2 Å². The van der Waals surface area contributed by atoms with Gasteiger partial charge in [0.05, 0.1) is 17.5 Å². The quantitative estimate of drug-likeness (QED) is 0.923. The Labute approximate surface area is 111 Å². The van der Waals surface area contributed by atoms with Crippen LogP contribution in [-0.4, -0.2) is 31.8 Å². The number of anilines is 1. The predicted octanol–water partition coefficient (Wildman–Crippen LogP) is 2.21. The lowest BCUT2D eigenvalue weighted by Gasteiger charge is -2.27. The lowest BCUT2D eigenvalue weighted by Crippen LogP contribution is -2.37. The number of halogens is 1. The molecule has 7 heteroatoms. The van der Waals surface area contributed by atoms with Crippen molar-refractivity contribution in [2.75, 3.05) is 10.6 Å². The molecule has 0 saturated heterocycles. The summed E-state index contributed by atoms with van der Waals surface area (Å²) in [6.45, 7) is 3.32. The van der Waals surface area contributed by atoms with Crippen LogP contribution >= 0.6 is 11.6 Å². The van der Waals surface area contributed by atoms with Gasteiger partial charge >= 0.3 is 5.97 Å². The highest BCUT2D eigenvalue weighted by Crippen LogP contribution is 2.28. The van der Waals surface area contributed by atoms with Crippen LogP contribution in [-0.2, 0) is 10.0 Å². The summed E-state index contributed by atoms with van der Waals surface area (Å²) in [5.74, 6) is -1.20. The highest BCUT2D eigenvalue weighted by molar-refractivity contribution is 7.92. The van der Waals surface area contributed by atoms with Gasteiger partial charge in [-0.3, -0.25) is 4.31 Å². The molecule has 0 aliphatic carbocycles. The van der Waals surface area contributed by atoms with Crippen LogP contribution in [0.1, 0.15) is 24.2 Å². The van der Waals surface area contributed by atoms with Gasteiger partial charge in [0.15, 0.2) is 0 Å². The number of benzene rings is 1. The first-order chi connectivity index (χ1) is 8.14. The second kappa shape index (κ2) is 5.16. The van der Waals surface area contributed by atoms with Crippen molar-refractivity contribution < 1.29 is 18.3 Å². The zero-order chi connectivity index (χ0) is 14.1. The van der Waals surface area contributed by atoms with Crippen LogP contribution in [0.3, 0.4) is 0 Å². The summed E-state index contributed by atoms with van der Waals surface area (Å²) in [5, 5.41) is 9.37. The van der Waals surface area contributed by atoms with Crippen molar-refractivity contribution in [3.05, 3.63) is 28.8 Å². The molecular weight excluding hydrogens is 278 g/mol. The first-order valence-corrected chi connectivity index (χ1v) is 7.39. The lowest BCUT2D eigenvalue weighted by atomic mass is 10.1. The number of hydrogen-bond donors (Lipinski definition) is 1. The molecule has 1 N–H and O–H groups in total. The molecule has 1 aromatic rings. The Morgan fingerprint density at radius 1 is 1.39 bits per heavy atom. The number of rotatable bonds is 4. The van der Waals surface area contributed by atoms with Gasteiger partial charge in [0.2, 0.25) is 10.0 Å². The Balaban J connectivity index is 3.54. The van der Waals surface area contributed by atoms with Crippen molar-refractivity contribution >= 4 is 33.3 Å². The minimum atomic E-state index is -3.58. The van der Waals surface area contributed by atoms with Crippen LogP contribution in [0.15, 0.2) is 18.2 Å². The van der Waals surface area contributed by atoms with E-state index in [-0.39, 0.29) is 16.3 Å². The molecule has 100 valence electrons. The second-order valence-electron chi connectivity index (χ2n) is 4.12. The average Bonchev–Trinajstić information content (AvgIpc) is 2.13. The van der Waals surface area contributed by atoms with E-state index in [4.69, 9.17) is 16.7 Å². The Kier molecular flexibility index (Phi) is 4.24. The molecule has 18 heavy (non-hydrogen) atoms. The fourth-order valence-corrected chi connectivity index (χ4v) is 3.15. The zero-order valence-corrected chi connectivity index (χ0v) is 11.8. The number of carboxylic acids is 1. The third-order valence-corrected chi connectivity index (χ3v) is 3.82. The molecule has 0 aromatic heterocycles. The van der Waals surface area contributed by atoms with Crippen LogP contribution in [0.4, 0.5) is 5.69 Å². The molecule has 0 heterocycles. The summed E-state index contributed by atoms with van der Waals surface area (Å²) in [7, 11) is -3.58. The van der Waals surface area contributed by atoms with Crippen molar-refractivity contribution in [1.29, 1.82) is 0 Å². The van der Waals surface area contributed by atoms with E-state index in [9.17, 15) is 13.2 Å². The highest BCUT2D eigenvalue weighted by Gasteiger charge is 2.25. The Bertz CT molecular complexity index is 568. The van der Waals surface area contributed by atoms with Gasteiger partial charge in [-0.15, -0.1) is 0 Å². The number of carboxylic acid groups (broad SMARTS) is 1. The maximum atomic E-state index is 11.7. The molecule has 0 unspecified atom stereocenters. The van der Waals surface area contributed by atoms with Crippen molar-refractivity contribution in [2.45, 2.75) is 19.9 Å². The van der Waals surface area contributed by atoms with E-state index in [0.29, 0.717) is 0 Å². The first-order valence-electron chi connectivity index (χ1n) is 5.17. The standard InChI is InChI=1S/C11H14ClNO4S/c1-7(2)13(18(3,16)17)10-6-8(12)4-5-9(10)11(14)15/h4-7H,1-3H3,(H,14,15). The molecule has 0 aliphatic rings. The number of hydrogen-bond acceptors (Lipinski definition) is 3. The molecule has 0 spiro atoms. The molecule has 0 radical (unpaired) electrons. The van der Waals surface area contributed by atoms with Crippen LogP contribution in [0.25, 0.3) is 0 Å². The molecule has 0 saturated carbocycles. The summed E-state index contributed by atoms with van der Waals surface area (Å²) in [4.78, 5) is 11.1. The Morgan fingerprint density at radius 3 is 2.33 bits per heavy atom. The third kappa shape index (κ3) is 3.14. The largest absolute Gasteiger partial charge is 0.478 e. The van der Waals surface area contributed by atoms with E-state index < -0.39 is 22.0 Å². The summed E-state index contributed by atoms with van der Waals surface area (Å²) >= 11 is 5.81. The number of carbonyl (C=O) groups is 1. The van der Waals surface area contributed by atoms with Gasteiger partial charge in [0.25, 0.3) is 0 Å². The zero-order valence-electron chi connectivity index (χ0n) is 10.2. The van der Waals surface area contributed by atoms with Gasteiger partial charge in [-0.2, -0.15) is 0 Å². The van der Waals surface area contributed by atoms with Crippen LogP contribution in [0, 0.1) is 0 Å². The van der Waals surface area contributed by atoms with E-state index in [1.807, 2.05) is 0 Å². The Hall–Kier alpha value is -1.27. The lowest BCUT2D eigenvalue weighted by molar-refractivity contribution is 0.0698. The summed E-state index contributed by atoms with van der Waals surface area (Å²) < 4.78 is 24.5. The van der Waals surface area contributed by atoms with Crippen molar-refractivity contribution in [3.8, 4) is 0 Å². The van der Waals surface area contributed by atoms with Crippen molar-refractivity contribution in [3.63, 3.8) is 0 Å². The topological polar surface area (TPSA) is 74.7 Å².